The summed E-state index contributed by atoms with van der Waals surface area (Å²) in [7, 11) is 1.81. The van der Waals surface area contributed by atoms with Crippen LogP contribution in [-0.4, -0.2) is 63.9 Å². The van der Waals surface area contributed by atoms with E-state index in [0.717, 1.165) is 82.1 Å². The molecule has 2 aliphatic rings. The highest BCUT2D eigenvalue weighted by Gasteiger charge is 2.25. The third-order valence-corrected chi connectivity index (χ3v) is 5.72. The minimum absolute atomic E-state index is 0.151. The summed E-state index contributed by atoms with van der Waals surface area (Å²) in [5.41, 5.74) is 2.64. The number of benzene rings is 1. The molecule has 0 radical (unpaired) electrons. The summed E-state index contributed by atoms with van der Waals surface area (Å²) in [5.74, 6) is 3.76. The molecule has 3 heterocycles. The molecule has 0 aliphatic carbocycles. The number of hydrogen-bond donors (Lipinski definition) is 2. The first kappa shape index (κ1) is 20.8. The van der Waals surface area contributed by atoms with Crippen molar-refractivity contribution in [2.24, 2.45) is 4.99 Å². The summed E-state index contributed by atoms with van der Waals surface area (Å²) in [6.07, 6.45) is 1.95. The summed E-state index contributed by atoms with van der Waals surface area (Å²) in [6.45, 7) is 7.65. The minimum Gasteiger partial charge on any atom is -0.493 e. The predicted molar refractivity (Wildman–Crippen MR) is 117 cm³/mol. The molecule has 0 saturated carbocycles. The lowest BCUT2D eigenvalue weighted by Crippen LogP contribution is -2.46. The van der Waals surface area contributed by atoms with E-state index in [4.69, 9.17) is 13.9 Å². The van der Waals surface area contributed by atoms with Gasteiger partial charge in [-0.05, 0) is 42.7 Å². The Morgan fingerprint density at radius 1 is 1.13 bits per heavy atom. The molecule has 2 aliphatic heterocycles. The maximum atomic E-state index is 5.95. The molecule has 7 nitrogen and oxygen atoms in total. The number of nitrogens with zero attached hydrogens (tertiary/aromatic N) is 2. The minimum atomic E-state index is 0.151. The molecule has 30 heavy (non-hydrogen) atoms. The zero-order chi connectivity index (χ0) is 20.8. The first-order chi connectivity index (χ1) is 14.7. The van der Waals surface area contributed by atoms with Gasteiger partial charge in [0, 0.05) is 39.6 Å². The van der Waals surface area contributed by atoms with E-state index >= 15 is 0 Å². The van der Waals surface area contributed by atoms with Crippen molar-refractivity contribution in [1.29, 1.82) is 0 Å². The lowest BCUT2D eigenvalue weighted by molar-refractivity contribution is 0.0124. The van der Waals surface area contributed by atoms with Gasteiger partial charge in [0.1, 0.15) is 17.3 Å². The number of fused-ring (bicyclic) bond motifs is 1. The summed E-state index contributed by atoms with van der Waals surface area (Å²) in [6, 6.07) is 10.7. The summed E-state index contributed by atoms with van der Waals surface area (Å²) in [5, 5.41) is 6.91. The zero-order valence-electron chi connectivity index (χ0n) is 17.9. The molecular weight excluding hydrogens is 380 g/mol. The molecule has 7 heteroatoms. The number of aryl methyl sites for hydroxylation is 1. The van der Waals surface area contributed by atoms with Gasteiger partial charge in [-0.3, -0.25) is 9.89 Å². The van der Waals surface area contributed by atoms with Gasteiger partial charge in [-0.1, -0.05) is 12.1 Å². The van der Waals surface area contributed by atoms with E-state index in [2.05, 4.69) is 44.8 Å². The summed E-state index contributed by atoms with van der Waals surface area (Å²) in [4.78, 5) is 6.81. The van der Waals surface area contributed by atoms with E-state index in [1.54, 1.807) is 0 Å². The van der Waals surface area contributed by atoms with E-state index in [9.17, 15) is 0 Å². The number of guanidine groups is 1. The molecule has 162 valence electrons. The topological polar surface area (TPSA) is 71.3 Å². The largest absolute Gasteiger partial charge is 0.493 e. The first-order valence-electron chi connectivity index (χ1n) is 10.8. The van der Waals surface area contributed by atoms with E-state index in [-0.39, 0.29) is 6.04 Å². The quantitative estimate of drug-likeness (QED) is 0.537. The van der Waals surface area contributed by atoms with Crippen LogP contribution in [0.3, 0.4) is 0 Å². The highest BCUT2D eigenvalue weighted by molar-refractivity contribution is 5.79. The lowest BCUT2D eigenvalue weighted by Gasteiger charge is -2.33. The molecule has 0 amide bonds. The molecule has 1 atom stereocenters. The number of ether oxygens (including phenoxy) is 2. The molecule has 1 aromatic heterocycles. The Kier molecular flexibility index (Phi) is 6.92. The number of nitrogens with one attached hydrogen (secondary N) is 2. The van der Waals surface area contributed by atoms with Crippen LogP contribution in [0.1, 0.15) is 28.7 Å². The van der Waals surface area contributed by atoms with Crippen LogP contribution >= 0.6 is 0 Å². The molecule has 1 fully saturated rings. The van der Waals surface area contributed by atoms with E-state index < -0.39 is 0 Å². The van der Waals surface area contributed by atoms with Gasteiger partial charge in [-0.15, -0.1) is 0 Å². The van der Waals surface area contributed by atoms with Crippen molar-refractivity contribution in [1.82, 2.24) is 15.5 Å². The van der Waals surface area contributed by atoms with Gasteiger partial charge in [0.2, 0.25) is 0 Å². The van der Waals surface area contributed by atoms with Crippen molar-refractivity contribution < 1.29 is 13.9 Å². The molecule has 1 unspecified atom stereocenters. The van der Waals surface area contributed by atoms with Gasteiger partial charge in [0.05, 0.1) is 25.9 Å². The third-order valence-electron chi connectivity index (χ3n) is 5.72. The second-order valence-corrected chi connectivity index (χ2v) is 7.78. The average molecular weight is 413 g/mol. The molecule has 2 aromatic rings. The standard InChI is InChI=1S/C23H32N4O3/c1-17-3-5-22(30-17)20(27-10-13-28-14-11-27)16-26-23(24-2)25-9-7-18-4-6-21-19(15-18)8-12-29-21/h3-6,15,20H,7-14,16H2,1-2H3,(H2,24,25,26). The van der Waals surface area contributed by atoms with Crippen LogP contribution in [0.2, 0.25) is 0 Å². The maximum Gasteiger partial charge on any atom is 0.191 e. The monoisotopic (exact) mass is 412 g/mol. The van der Waals surface area contributed by atoms with Crippen LogP contribution in [0, 0.1) is 6.92 Å². The smallest absolute Gasteiger partial charge is 0.191 e. The Balaban J connectivity index is 1.30. The molecule has 2 N–H and O–H groups in total. The summed E-state index contributed by atoms with van der Waals surface area (Å²) < 4.78 is 17.1. The molecule has 4 rings (SSSR count). The third kappa shape index (κ3) is 5.15. The van der Waals surface area contributed by atoms with E-state index in [0.29, 0.717) is 0 Å². The van der Waals surface area contributed by atoms with Crippen molar-refractivity contribution >= 4 is 5.96 Å². The highest BCUT2D eigenvalue weighted by Crippen LogP contribution is 2.26. The van der Waals surface area contributed by atoms with Crippen LogP contribution in [0.4, 0.5) is 0 Å². The predicted octanol–water partition coefficient (Wildman–Crippen LogP) is 2.30. The highest BCUT2D eigenvalue weighted by atomic mass is 16.5. The molecule has 1 saturated heterocycles. The Labute approximate surface area is 178 Å². The Morgan fingerprint density at radius 2 is 2.00 bits per heavy atom. The van der Waals surface area contributed by atoms with Gasteiger partial charge in [0.25, 0.3) is 0 Å². The molecule has 1 aromatic carbocycles. The number of morpholine rings is 1. The molecular formula is C23H32N4O3. The average Bonchev–Trinajstić information content (AvgIpc) is 3.42. The van der Waals surface area contributed by atoms with Crippen LogP contribution in [0.15, 0.2) is 39.7 Å². The van der Waals surface area contributed by atoms with Crippen molar-refractivity contribution in [3.63, 3.8) is 0 Å². The second kappa shape index (κ2) is 10.00. The number of furan rings is 1. The van der Waals surface area contributed by atoms with Crippen LogP contribution in [0.25, 0.3) is 0 Å². The number of hydrogen-bond acceptors (Lipinski definition) is 5. The van der Waals surface area contributed by atoms with E-state index in [1.807, 2.05) is 20.0 Å². The van der Waals surface area contributed by atoms with Gasteiger partial charge >= 0.3 is 0 Å². The fourth-order valence-electron chi connectivity index (χ4n) is 4.07. The Morgan fingerprint density at radius 3 is 2.77 bits per heavy atom. The first-order valence-corrected chi connectivity index (χ1v) is 10.8. The number of rotatable bonds is 7. The van der Waals surface area contributed by atoms with Gasteiger partial charge in [-0.2, -0.15) is 0 Å². The van der Waals surface area contributed by atoms with Gasteiger partial charge in [-0.25, -0.2) is 0 Å². The van der Waals surface area contributed by atoms with Crippen LogP contribution < -0.4 is 15.4 Å². The van der Waals surface area contributed by atoms with Gasteiger partial charge in [0.15, 0.2) is 5.96 Å². The SMILES string of the molecule is CN=C(NCCc1ccc2c(c1)CCO2)NCC(c1ccc(C)o1)N1CCOCC1. The lowest BCUT2D eigenvalue weighted by atomic mass is 10.1. The fraction of sp³-hybridized carbons (Fsp3) is 0.522. The zero-order valence-corrected chi connectivity index (χ0v) is 17.9. The van der Waals surface area contributed by atoms with Gasteiger partial charge < -0.3 is 24.5 Å². The van der Waals surface area contributed by atoms with Crippen molar-refractivity contribution in [2.75, 3.05) is 53.0 Å². The number of aliphatic imine (C=N–C) groups is 1. The summed E-state index contributed by atoms with van der Waals surface area (Å²) >= 11 is 0. The van der Waals surface area contributed by atoms with Crippen molar-refractivity contribution in [2.45, 2.75) is 25.8 Å². The second-order valence-electron chi connectivity index (χ2n) is 7.78. The Hall–Kier alpha value is -2.51. The van der Waals surface area contributed by atoms with Crippen molar-refractivity contribution in [3.05, 3.63) is 53.0 Å². The van der Waals surface area contributed by atoms with Crippen LogP contribution in [-0.2, 0) is 17.6 Å². The Bertz CT molecular complexity index is 858. The molecule has 0 bridgehead atoms. The van der Waals surface area contributed by atoms with E-state index in [1.165, 1.54) is 11.1 Å². The normalized spacial score (nSPS) is 18.0. The van der Waals surface area contributed by atoms with Crippen molar-refractivity contribution in [3.8, 4) is 5.75 Å². The van der Waals surface area contributed by atoms with Crippen LogP contribution in [0.5, 0.6) is 5.75 Å². The molecule has 0 spiro atoms. The fourth-order valence-corrected chi connectivity index (χ4v) is 4.07. The maximum absolute atomic E-state index is 5.95.